The van der Waals surface area contributed by atoms with Crippen LogP contribution in [0.3, 0.4) is 0 Å². The summed E-state index contributed by atoms with van der Waals surface area (Å²) in [5.74, 6) is -0.0538. The molecule has 5 heteroatoms. The topological polar surface area (TPSA) is 53.4 Å². The molecule has 3 rings (SSSR count). The minimum Gasteiger partial charge on any atom is -0.389 e. The van der Waals surface area contributed by atoms with Gasteiger partial charge in [0.05, 0.1) is 11.8 Å². The van der Waals surface area contributed by atoms with E-state index in [1.807, 2.05) is 4.90 Å². The number of carbonyl (C=O) groups is 1. The van der Waals surface area contributed by atoms with Gasteiger partial charge < -0.3 is 10.0 Å². The Morgan fingerprint density at radius 2 is 2.27 bits per heavy atom. The van der Waals surface area contributed by atoms with E-state index in [0.717, 1.165) is 31.2 Å². The average Bonchev–Trinajstić information content (AvgIpc) is 2.52. The first-order chi connectivity index (χ1) is 10.6. The van der Waals surface area contributed by atoms with Gasteiger partial charge in [0.1, 0.15) is 5.82 Å². The molecule has 4 nitrogen and oxygen atoms in total. The molecule has 1 saturated heterocycles. The Kier molecular flexibility index (Phi) is 4.43. The number of piperidine rings is 1. The van der Waals surface area contributed by atoms with Gasteiger partial charge in [-0.1, -0.05) is 12.8 Å². The number of aryl methyl sites for hydroxylation is 1. The molecule has 0 spiro atoms. The number of hydrogen-bond donors (Lipinski definition) is 1. The molecule has 1 aromatic rings. The van der Waals surface area contributed by atoms with Crippen LogP contribution in [0, 0.1) is 11.7 Å². The van der Waals surface area contributed by atoms with E-state index in [4.69, 9.17) is 0 Å². The Bertz CT molecular complexity index is 551. The van der Waals surface area contributed by atoms with Crippen LogP contribution in [0.25, 0.3) is 0 Å². The molecule has 2 aliphatic rings. The summed E-state index contributed by atoms with van der Waals surface area (Å²) in [6, 6.07) is 1.43. The summed E-state index contributed by atoms with van der Waals surface area (Å²) in [6.45, 7) is 1.30. The van der Waals surface area contributed by atoms with Crippen LogP contribution in [0.15, 0.2) is 18.5 Å². The van der Waals surface area contributed by atoms with Gasteiger partial charge in [-0.05, 0) is 37.3 Å². The van der Waals surface area contributed by atoms with Gasteiger partial charge in [-0.2, -0.15) is 0 Å². The van der Waals surface area contributed by atoms with Crippen LogP contribution in [0.1, 0.15) is 44.1 Å². The van der Waals surface area contributed by atoms with Crippen molar-refractivity contribution in [3.8, 4) is 0 Å². The fourth-order valence-corrected chi connectivity index (χ4v) is 3.80. The van der Waals surface area contributed by atoms with Crippen molar-refractivity contribution in [2.24, 2.45) is 5.92 Å². The van der Waals surface area contributed by atoms with Crippen LogP contribution < -0.4 is 0 Å². The van der Waals surface area contributed by atoms with Crippen molar-refractivity contribution in [1.29, 1.82) is 0 Å². The second-order valence-electron chi connectivity index (χ2n) is 6.65. The van der Waals surface area contributed by atoms with Crippen LogP contribution >= 0.6 is 0 Å². The van der Waals surface area contributed by atoms with Gasteiger partial charge >= 0.3 is 0 Å². The molecular weight excluding hydrogens is 283 g/mol. The zero-order chi connectivity index (χ0) is 15.6. The van der Waals surface area contributed by atoms with E-state index < -0.39 is 5.60 Å². The van der Waals surface area contributed by atoms with Gasteiger partial charge in [-0.3, -0.25) is 9.78 Å². The third-order valence-electron chi connectivity index (χ3n) is 5.17. The lowest BCUT2D eigenvalue weighted by Gasteiger charge is -2.47. The molecule has 1 aliphatic carbocycles. The van der Waals surface area contributed by atoms with Crippen molar-refractivity contribution in [1.82, 2.24) is 9.88 Å². The number of fused-ring (bicyclic) bond motifs is 1. The largest absolute Gasteiger partial charge is 0.389 e. The molecule has 2 fully saturated rings. The molecule has 0 bridgehead atoms. The monoisotopic (exact) mass is 306 g/mol. The molecule has 1 saturated carbocycles. The number of aromatic nitrogens is 1. The minimum absolute atomic E-state index is 0.0943. The van der Waals surface area contributed by atoms with Gasteiger partial charge in [0.2, 0.25) is 5.91 Å². The molecule has 1 N–H and O–H groups in total. The first kappa shape index (κ1) is 15.4. The summed E-state index contributed by atoms with van der Waals surface area (Å²) in [4.78, 5) is 18.0. The van der Waals surface area contributed by atoms with E-state index in [9.17, 15) is 14.3 Å². The van der Waals surface area contributed by atoms with E-state index in [-0.39, 0.29) is 17.6 Å². The van der Waals surface area contributed by atoms with Crippen LogP contribution in [0.4, 0.5) is 4.39 Å². The average molecular weight is 306 g/mol. The second-order valence-corrected chi connectivity index (χ2v) is 6.65. The number of amides is 1. The van der Waals surface area contributed by atoms with Gasteiger partial charge in [0.15, 0.2) is 0 Å². The molecule has 1 aliphatic heterocycles. The highest BCUT2D eigenvalue weighted by atomic mass is 19.1. The Morgan fingerprint density at radius 3 is 3.09 bits per heavy atom. The van der Waals surface area contributed by atoms with E-state index in [1.54, 1.807) is 6.20 Å². The third kappa shape index (κ3) is 3.29. The number of nitrogens with zero attached hydrogens (tertiary/aromatic N) is 2. The summed E-state index contributed by atoms with van der Waals surface area (Å²) in [5, 5.41) is 10.6. The molecule has 0 radical (unpaired) electrons. The van der Waals surface area contributed by atoms with E-state index >= 15 is 0 Å². The Morgan fingerprint density at radius 1 is 1.41 bits per heavy atom. The second kappa shape index (κ2) is 6.32. The molecule has 120 valence electrons. The standard InChI is InChI=1S/C17H23FN2O2/c18-15-9-13(10-19-11-15)4-5-16(21)20-8-7-17(22)6-2-1-3-14(17)12-20/h9-11,14,22H,1-8,12H2. The maximum absolute atomic E-state index is 13.1. The molecular formula is C17H23FN2O2. The normalized spacial score (nSPS) is 28.3. The number of rotatable bonds is 3. The maximum Gasteiger partial charge on any atom is 0.222 e. The predicted molar refractivity (Wildman–Crippen MR) is 80.6 cm³/mol. The van der Waals surface area contributed by atoms with E-state index in [1.165, 1.54) is 12.3 Å². The van der Waals surface area contributed by atoms with E-state index in [0.29, 0.717) is 32.4 Å². The summed E-state index contributed by atoms with van der Waals surface area (Å²) < 4.78 is 13.1. The number of halogens is 1. The lowest BCUT2D eigenvalue weighted by molar-refractivity contribution is -0.143. The first-order valence-electron chi connectivity index (χ1n) is 8.16. The van der Waals surface area contributed by atoms with Crippen LogP contribution in [-0.2, 0) is 11.2 Å². The van der Waals surface area contributed by atoms with Crippen molar-refractivity contribution >= 4 is 5.91 Å². The fourth-order valence-electron chi connectivity index (χ4n) is 3.80. The van der Waals surface area contributed by atoms with Crippen molar-refractivity contribution in [2.45, 2.75) is 50.5 Å². The number of likely N-dealkylation sites (tertiary alicyclic amines) is 1. The lowest BCUT2D eigenvalue weighted by Crippen LogP contribution is -2.54. The van der Waals surface area contributed by atoms with Gasteiger partial charge in [0.25, 0.3) is 0 Å². The number of hydrogen-bond acceptors (Lipinski definition) is 3. The number of carbonyl (C=O) groups excluding carboxylic acids is 1. The van der Waals surface area contributed by atoms with Crippen molar-refractivity contribution in [3.63, 3.8) is 0 Å². The quantitative estimate of drug-likeness (QED) is 0.932. The van der Waals surface area contributed by atoms with Gasteiger partial charge in [0, 0.05) is 31.6 Å². The lowest BCUT2D eigenvalue weighted by atomic mass is 9.71. The zero-order valence-corrected chi connectivity index (χ0v) is 12.8. The van der Waals surface area contributed by atoms with Crippen LogP contribution in [-0.4, -0.2) is 39.6 Å². The van der Waals surface area contributed by atoms with Crippen LogP contribution in [0.5, 0.6) is 0 Å². The summed E-state index contributed by atoms with van der Waals surface area (Å²) in [6.07, 6.45) is 8.45. The van der Waals surface area contributed by atoms with E-state index in [2.05, 4.69) is 4.98 Å². The SMILES string of the molecule is O=C(CCc1cncc(F)c1)N1CCC2(O)CCCCC2C1. The number of aliphatic hydroxyl groups is 1. The molecule has 0 aromatic carbocycles. The van der Waals surface area contributed by atoms with Crippen molar-refractivity contribution in [3.05, 3.63) is 29.8 Å². The molecule has 2 atom stereocenters. The Labute approximate surface area is 130 Å². The number of pyridine rings is 1. The minimum atomic E-state index is -0.554. The predicted octanol–water partition coefficient (Wildman–Crippen LogP) is 2.31. The highest BCUT2D eigenvalue weighted by molar-refractivity contribution is 5.76. The smallest absolute Gasteiger partial charge is 0.222 e. The zero-order valence-electron chi connectivity index (χ0n) is 12.8. The molecule has 1 aromatic heterocycles. The third-order valence-corrected chi connectivity index (χ3v) is 5.17. The van der Waals surface area contributed by atoms with Crippen LogP contribution in [0.2, 0.25) is 0 Å². The summed E-state index contributed by atoms with van der Waals surface area (Å²) in [5.41, 5.74) is 0.196. The first-order valence-corrected chi connectivity index (χ1v) is 8.16. The highest BCUT2D eigenvalue weighted by Gasteiger charge is 2.43. The maximum atomic E-state index is 13.1. The van der Waals surface area contributed by atoms with Crippen molar-refractivity contribution in [2.75, 3.05) is 13.1 Å². The molecule has 1 amide bonds. The van der Waals surface area contributed by atoms with Gasteiger partial charge in [-0.25, -0.2) is 4.39 Å². The van der Waals surface area contributed by atoms with Crippen molar-refractivity contribution < 1.29 is 14.3 Å². The Hall–Kier alpha value is -1.49. The Balaban J connectivity index is 1.55. The van der Waals surface area contributed by atoms with Gasteiger partial charge in [-0.15, -0.1) is 0 Å². The fraction of sp³-hybridized carbons (Fsp3) is 0.647. The highest BCUT2D eigenvalue weighted by Crippen LogP contribution is 2.39. The molecule has 2 unspecified atom stereocenters. The molecule has 22 heavy (non-hydrogen) atoms. The molecule has 2 heterocycles. The summed E-state index contributed by atoms with van der Waals surface area (Å²) >= 11 is 0. The summed E-state index contributed by atoms with van der Waals surface area (Å²) in [7, 11) is 0.